The van der Waals surface area contributed by atoms with E-state index in [0.29, 0.717) is 41.9 Å². The molecule has 0 bridgehead atoms. The molecule has 6 heteroatoms. The fraction of sp³-hybridized carbons (Fsp3) is 0.911. The Hall–Kier alpha value is -1.40. The summed E-state index contributed by atoms with van der Waals surface area (Å²) in [5.41, 5.74) is 1.85. The van der Waals surface area contributed by atoms with Crippen LogP contribution in [0.5, 0.6) is 0 Å². The average Bonchev–Trinajstić information content (AvgIpc) is 3.74. The molecule has 6 aliphatic rings. The molecule has 3 N–H and O–H groups in total. The van der Waals surface area contributed by atoms with Crippen molar-refractivity contribution in [1.29, 1.82) is 0 Å². The Bertz CT molecular complexity index is 1260. The SMILES string of the molecule is C=C(CN1CCCC1)[C@@H]1CC[C@]2(C(=O)NCCCCCCCCCCC(=O)O)CC[C@]3(C)[C@H](CCC4[C@@]5(C)CC[C@H](O)C(C)(C)[C@@H]5CC[C@]43C)[C@@H]12. The summed E-state index contributed by atoms with van der Waals surface area (Å²) in [4.78, 5) is 28.0. The number of carbonyl (C=O) groups excluding carboxylic acids is 1. The number of nitrogens with zero attached hydrogens (tertiary/aromatic N) is 1. The third-order valence-corrected chi connectivity index (χ3v) is 17.6. The smallest absolute Gasteiger partial charge is 0.303 e. The summed E-state index contributed by atoms with van der Waals surface area (Å²) in [6.45, 7) is 21.7. The second-order valence-corrected chi connectivity index (χ2v) is 20.2. The summed E-state index contributed by atoms with van der Waals surface area (Å²) in [7, 11) is 0. The summed E-state index contributed by atoms with van der Waals surface area (Å²) in [5.74, 6) is 2.30. The van der Waals surface area contributed by atoms with Gasteiger partial charge in [0.1, 0.15) is 0 Å². The normalized spacial score (nSPS) is 41.6. The van der Waals surface area contributed by atoms with E-state index < -0.39 is 5.97 Å². The molecule has 1 aliphatic heterocycles. The maximum atomic E-state index is 14.7. The molecule has 6 fully saturated rings. The molecule has 1 unspecified atom stereocenters. The number of carbonyl (C=O) groups is 2. The van der Waals surface area contributed by atoms with Gasteiger partial charge in [0.05, 0.1) is 11.5 Å². The van der Waals surface area contributed by atoms with Crippen molar-refractivity contribution in [2.45, 2.75) is 176 Å². The van der Waals surface area contributed by atoms with Crippen LogP contribution in [0.2, 0.25) is 0 Å². The van der Waals surface area contributed by atoms with Crippen LogP contribution in [0.1, 0.15) is 169 Å². The van der Waals surface area contributed by atoms with Gasteiger partial charge in [-0.1, -0.05) is 85.3 Å². The van der Waals surface area contributed by atoms with Gasteiger partial charge >= 0.3 is 5.97 Å². The number of hydrogen-bond acceptors (Lipinski definition) is 4. The molecule has 0 radical (unpaired) electrons. The fourth-order valence-electron chi connectivity index (χ4n) is 14.6. The standard InChI is InChI=1S/C45H76N2O4/c1-32(31-47-29-15-16-30-47)33-20-25-45(40(51)46-28-14-12-10-8-7-9-11-13-17-38(49)50)27-26-43(5)34(39(33)45)18-19-36-42(4)23-22-37(48)41(2,3)35(42)21-24-44(36,43)6/h33-37,39,48H,1,7-31H2,2-6H3,(H,46,51)(H,49,50)/t33-,34+,35-,36?,37-,39+,42-,43+,44+,45-/m0/s1. The second-order valence-electron chi connectivity index (χ2n) is 20.2. The van der Waals surface area contributed by atoms with Gasteiger partial charge in [0, 0.05) is 19.5 Å². The molecule has 51 heavy (non-hydrogen) atoms. The monoisotopic (exact) mass is 709 g/mol. The molecule has 290 valence electrons. The van der Waals surface area contributed by atoms with Gasteiger partial charge in [-0.3, -0.25) is 14.5 Å². The van der Waals surface area contributed by atoms with E-state index in [4.69, 9.17) is 11.7 Å². The van der Waals surface area contributed by atoms with Gasteiger partial charge in [-0.2, -0.15) is 0 Å². The van der Waals surface area contributed by atoms with Crippen LogP contribution in [-0.4, -0.2) is 59.3 Å². The Balaban J connectivity index is 1.15. The number of aliphatic hydroxyl groups is 1. The van der Waals surface area contributed by atoms with Crippen LogP contribution < -0.4 is 5.32 Å². The molecule has 5 aliphatic carbocycles. The van der Waals surface area contributed by atoms with Crippen molar-refractivity contribution in [3.05, 3.63) is 12.2 Å². The fourth-order valence-corrected chi connectivity index (χ4v) is 14.6. The van der Waals surface area contributed by atoms with Crippen LogP contribution in [0.15, 0.2) is 12.2 Å². The third kappa shape index (κ3) is 7.02. The van der Waals surface area contributed by atoms with E-state index in [2.05, 4.69) is 44.8 Å². The van der Waals surface area contributed by atoms with Crippen LogP contribution in [-0.2, 0) is 9.59 Å². The molecule has 0 aromatic carbocycles. The first-order valence-electron chi connectivity index (χ1n) is 21.8. The van der Waals surface area contributed by atoms with Gasteiger partial charge in [0.15, 0.2) is 0 Å². The second kappa shape index (κ2) is 15.4. The Kier molecular flexibility index (Phi) is 11.9. The highest BCUT2D eigenvalue weighted by atomic mass is 16.4. The molecule has 1 amide bonds. The van der Waals surface area contributed by atoms with Crippen molar-refractivity contribution in [3.8, 4) is 0 Å². The zero-order valence-corrected chi connectivity index (χ0v) is 33.5. The van der Waals surface area contributed by atoms with Gasteiger partial charge in [-0.15, -0.1) is 0 Å². The molecule has 10 atom stereocenters. The first-order chi connectivity index (χ1) is 24.2. The largest absolute Gasteiger partial charge is 0.481 e. The molecular weight excluding hydrogens is 633 g/mol. The number of fused-ring (bicyclic) bond motifs is 7. The number of carboxylic acids is 1. The van der Waals surface area contributed by atoms with Crippen molar-refractivity contribution >= 4 is 11.9 Å². The van der Waals surface area contributed by atoms with E-state index in [9.17, 15) is 14.7 Å². The maximum absolute atomic E-state index is 14.7. The molecule has 0 aromatic heterocycles. The van der Waals surface area contributed by atoms with Gasteiger partial charge in [-0.25, -0.2) is 0 Å². The minimum absolute atomic E-state index is 0.0287. The van der Waals surface area contributed by atoms with Crippen LogP contribution >= 0.6 is 0 Å². The highest BCUT2D eigenvalue weighted by molar-refractivity contribution is 5.84. The predicted octanol–water partition coefficient (Wildman–Crippen LogP) is 9.79. The van der Waals surface area contributed by atoms with E-state index in [1.54, 1.807) is 0 Å². The zero-order valence-electron chi connectivity index (χ0n) is 33.5. The van der Waals surface area contributed by atoms with Gasteiger partial charge in [0.2, 0.25) is 5.91 Å². The summed E-state index contributed by atoms with van der Waals surface area (Å²) in [6, 6.07) is 0. The maximum Gasteiger partial charge on any atom is 0.303 e. The molecule has 6 rings (SSSR count). The van der Waals surface area contributed by atoms with Crippen LogP contribution in [0, 0.1) is 56.7 Å². The first-order valence-corrected chi connectivity index (χ1v) is 21.8. The number of aliphatic carboxylic acids is 1. The molecule has 5 saturated carbocycles. The molecule has 6 nitrogen and oxygen atoms in total. The van der Waals surface area contributed by atoms with E-state index >= 15 is 0 Å². The minimum Gasteiger partial charge on any atom is -0.481 e. The van der Waals surface area contributed by atoms with Crippen molar-refractivity contribution in [1.82, 2.24) is 10.2 Å². The molecular formula is C45H76N2O4. The van der Waals surface area contributed by atoms with E-state index in [1.165, 1.54) is 82.9 Å². The average molecular weight is 709 g/mol. The summed E-state index contributed by atoms with van der Waals surface area (Å²) in [6.07, 6.45) is 22.8. The molecule has 1 saturated heterocycles. The van der Waals surface area contributed by atoms with Gasteiger partial charge in [-0.05, 0) is 154 Å². The lowest BCUT2D eigenvalue weighted by atomic mass is 9.32. The van der Waals surface area contributed by atoms with Crippen molar-refractivity contribution in [2.75, 3.05) is 26.2 Å². The van der Waals surface area contributed by atoms with Crippen molar-refractivity contribution < 1.29 is 19.8 Å². The molecule has 1 heterocycles. The quantitative estimate of drug-likeness (QED) is 0.116. The van der Waals surface area contributed by atoms with Gasteiger partial charge < -0.3 is 15.5 Å². The van der Waals surface area contributed by atoms with Crippen LogP contribution in [0.4, 0.5) is 0 Å². The van der Waals surface area contributed by atoms with E-state index in [0.717, 1.165) is 77.3 Å². The molecule has 0 aromatic rings. The number of unbranched alkanes of at least 4 members (excludes halogenated alkanes) is 7. The lowest BCUT2D eigenvalue weighted by molar-refractivity contribution is -0.246. The highest BCUT2D eigenvalue weighted by Gasteiger charge is 2.72. The van der Waals surface area contributed by atoms with Gasteiger partial charge in [0.25, 0.3) is 0 Å². The first kappa shape index (κ1) is 39.3. The highest BCUT2D eigenvalue weighted by Crippen LogP contribution is 2.77. The number of amides is 1. The van der Waals surface area contributed by atoms with Crippen LogP contribution in [0.3, 0.4) is 0 Å². The Morgan fingerprint density at radius 3 is 2.10 bits per heavy atom. The van der Waals surface area contributed by atoms with E-state index in [1.807, 2.05) is 0 Å². The van der Waals surface area contributed by atoms with E-state index in [-0.39, 0.29) is 33.2 Å². The number of rotatable bonds is 15. The zero-order chi connectivity index (χ0) is 36.7. The van der Waals surface area contributed by atoms with Crippen LogP contribution in [0.25, 0.3) is 0 Å². The number of likely N-dealkylation sites (tertiary alicyclic amines) is 1. The lowest BCUT2D eigenvalue weighted by Gasteiger charge is -2.72. The number of hydrogen-bond donors (Lipinski definition) is 3. The summed E-state index contributed by atoms with van der Waals surface area (Å²) >= 11 is 0. The Labute approximate surface area is 311 Å². The minimum atomic E-state index is -0.686. The number of nitrogens with one attached hydrogen (secondary N) is 1. The lowest BCUT2D eigenvalue weighted by Crippen LogP contribution is -2.67. The number of carboxylic acid groups (broad SMARTS) is 1. The summed E-state index contributed by atoms with van der Waals surface area (Å²) < 4.78 is 0. The number of aliphatic hydroxyl groups excluding tert-OH is 1. The Morgan fingerprint density at radius 1 is 0.745 bits per heavy atom. The topological polar surface area (TPSA) is 89.9 Å². The molecule has 0 spiro atoms. The summed E-state index contributed by atoms with van der Waals surface area (Å²) in [5, 5.41) is 23.5. The predicted molar refractivity (Wildman–Crippen MR) is 207 cm³/mol. The van der Waals surface area contributed by atoms with Crippen molar-refractivity contribution in [3.63, 3.8) is 0 Å². The third-order valence-electron chi connectivity index (χ3n) is 17.6. The van der Waals surface area contributed by atoms with Crippen molar-refractivity contribution in [2.24, 2.45) is 56.7 Å². The Morgan fingerprint density at radius 2 is 1.41 bits per heavy atom.